The summed E-state index contributed by atoms with van der Waals surface area (Å²) in [7, 11) is 0. The summed E-state index contributed by atoms with van der Waals surface area (Å²) < 4.78 is 51.2. The molecule has 0 radical (unpaired) electrons. The Labute approximate surface area is 208 Å². The summed E-state index contributed by atoms with van der Waals surface area (Å²) in [5.74, 6) is -0.621. The maximum Gasteiger partial charge on any atom is 0.408 e. The molecular formula is C27H28F3N3O3. The summed E-state index contributed by atoms with van der Waals surface area (Å²) in [6.45, 7) is 3.82. The molecule has 6 nitrogen and oxygen atoms in total. The van der Waals surface area contributed by atoms with Crippen molar-refractivity contribution in [3.05, 3.63) is 70.9 Å². The van der Waals surface area contributed by atoms with E-state index in [0.29, 0.717) is 23.2 Å². The number of ether oxygens (including phenoxy) is 2. The molecule has 0 atom stereocenters. The third-order valence-corrected chi connectivity index (χ3v) is 5.34. The highest BCUT2D eigenvalue weighted by Gasteiger charge is 2.32. The van der Waals surface area contributed by atoms with Crippen LogP contribution in [0.15, 0.2) is 48.5 Å². The minimum absolute atomic E-state index is 0.0880. The summed E-state index contributed by atoms with van der Waals surface area (Å²) in [6.07, 6.45) is -3.81. The van der Waals surface area contributed by atoms with Gasteiger partial charge in [0.05, 0.1) is 23.9 Å². The standard InChI is InChI=1S/C27H28F3N3O3/c1-4-35-25(34)16-36-26-23(24(13-18(2)3)32-33(26)17-27(28,29)30)14-19-9-11-20(12-10-19)22-8-6-5-7-21(22)15-31/h5-12,18H,4,13-14,16-17H2,1-3H3. The van der Waals surface area contributed by atoms with E-state index in [0.717, 1.165) is 21.4 Å². The minimum Gasteiger partial charge on any atom is -0.466 e. The molecule has 0 saturated heterocycles. The lowest BCUT2D eigenvalue weighted by molar-refractivity contribution is -0.146. The average Bonchev–Trinajstić information content (AvgIpc) is 3.11. The van der Waals surface area contributed by atoms with Crippen LogP contribution in [0, 0.1) is 17.2 Å². The second-order valence-electron chi connectivity index (χ2n) is 8.73. The van der Waals surface area contributed by atoms with Gasteiger partial charge in [-0.3, -0.25) is 0 Å². The summed E-state index contributed by atoms with van der Waals surface area (Å²) in [4.78, 5) is 11.9. The van der Waals surface area contributed by atoms with Gasteiger partial charge in [0.2, 0.25) is 5.88 Å². The Morgan fingerprint density at radius 2 is 1.83 bits per heavy atom. The molecule has 0 aliphatic heterocycles. The van der Waals surface area contributed by atoms with Gasteiger partial charge < -0.3 is 9.47 Å². The van der Waals surface area contributed by atoms with Crippen molar-refractivity contribution >= 4 is 5.97 Å². The number of benzene rings is 2. The first kappa shape index (κ1) is 26.8. The van der Waals surface area contributed by atoms with Crippen LogP contribution in [-0.4, -0.2) is 35.1 Å². The first-order chi connectivity index (χ1) is 17.1. The second-order valence-corrected chi connectivity index (χ2v) is 8.73. The van der Waals surface area contributed by atoms with E-state index in [1.807, 2.05) is 50.2 Å². The van der Waals surface area contributed by atoms with Crippen molar-refractivity contribution in [2.24, 2.45) is 5.92 Å². The number of nitriles is 1. The molecule has 36 heavy (non-hydrogen) atoms. The van der Waals surface area contributed by atoms with Crippen molar-refractivity contribution in [3.63, 3.8) is 0 Å². The Kier molecular flexibility index (Phi) is 8.75. The van der Waals surface area contributed by atoms with Gasteiger partial charge in [0.15, 0.2) is 6.61 Å². The van der Waals surface area contributed by atoms with Gasteiger partial charge in [-0.15, -0.1) is 0 Å². The predicted octanol–water partition coefficient (Wildman–Crippen LogP) is 5.72. The average molecular weight is 500 g/mol. The van der Waals surface area contributed by atoms with Gasteiger partial charge in [-0.2, -0.15) is 23.5 Å². The highest BCUT2D eigenvalue weighted by Crippen LogP contribution is 2.31. The lowest BCUT2D eigenvalue weighted by Crippen LogP contribution is -2.22. The Bertz CT molecular complexity index is 1230. The third kappa shape index (κ3) is 7.11. The lowest BCUT2D eigenvalue weighted by atomic mass is 9.96. The molecule has 0 aliphatic rings. The monoisotopic (exact) mass is 499 g/mol. The number of hydrogen-bond donors (Lipinski definition) is 0. The molecule has 0 unspecified atom stereocenters. The van der Waals surface area contributed by atoms with Crippen molar-refractivity contribution in [1.82, 2.24) is 9.78 Å². The molecule has 1 aromatic heterocycles. The normalized spacial score (nSPS) is 11.4. The van der Waals surface area contributed by atoms with Crippen molar-refractivity contribution in [3.8, 4) is 23.1 Å². The van der Waals surface area contributed by atoms with Gasteiger partial charge in [-0.25, -0.2) is 9.48 Å². The molecule has 9 heteroatoms. The first-order valence-corrected chi connectivity index (χ1v) is 11.6. The van der Waals surface area contributed by atoms with Crippen LogP contribution in [0.1, 0.15) is 43.2 Å². The van der Waals surface area contributed by atoms with E-state index in [2.05, 4.69) is 11.2 Å². The Hall–Kier alpha value is -3.80. The van der Waals surface area contributed by atoms with Gasteiger partial charge in [-0.1, -0.05) is 56.3 Å². The van der Waals surface area contributed by atoms with Crippen molar-refractivity contribution in [2.75, 3.05) is 13.2 Å². The first-order valence-electron chi connectivity index (χ1n) is 11.6. The molecule has 0 N–H and O–H groups in total. The largest absolute Gasteiger partial charge is 0.466 e. The number of halogens is 3. The number of aromatic nitrogens is 2. The maximum absolute atomic E-state index is 13.3. The lowest BCUT2D eigenvalue weighted by Gasteiger charge is -2.13. The number of carbonyl (C=O) groups is 1. The summed E-state index contributed by atoms with van der Waals surface area (Å²) >= 11 is 0. The molecule has 0 saturated carbocycles. The minimum atomic E-state index is -4.52. The van der Waals surface area contributed by atoms with Crippen LogP contribution in [0.4, 0.5) is 13.2 Å². The van der Waals surface area contributed by atoms with Crippen LogP contribution < -0.4 is 4.74 Å². The molecule has 0 bridgehead atoms. The zero-order valence-electron chi connectivity index (χ0n) is 20.4. The molecular weight excluding hydrogens is 471 g/mol. The van der Waals surface area contributed by atoms with E-state index in [-0.39, 0.29) is 24.8 Å². The van der Waals surface area contributed by atoms with Crippen molar-refractivity contribution in [1.29, 1.82) is 5.26 Å². The van der Waals surface area contributed by atoms with Gasteiger partial charge >= 0.3 is 12.1 Å². The zero-order chi connectivity index (χ0) is 26.3. The summed E-state index contributed by atoms with van der Waals surface area (Å²) in [5, 5.41) is 13.6. The Morgan fingerprint density at radius 3 is 2.44 bits per heavy atom. The highest BCUT2D eigenvalue weighted by molar-refractivity contribution is 5.71. The summed E-state index contributed by atoms with van der Waals surface area (Å²) in [5.41, 5.74) is 4.01. The Balaban J connectivity index is 1.98. The van der Waals surface area contributed by atoms with Gasteiger partial charge in [-0.05, 0) is 42.0 Å². The van der Waals surface area contributed by atoms with Crippen LogP contribution in [0.5, 0.6) is 5.88 Å². The number of nitrogens with zero attached hydrogens (tertiary/aromatic N) is 3. The van der Waals surface area contributed by atoms with E-state index in [1.165, 1.54) is 0 Å². The van der Waals surface area contributed by atoms with E-state index >= 15 is 0 Å². The Morgan fingerprint density at radius 1 is 1.14 bits per heavy atom. The van der Waals surface area contributed by atoms with E-state index < -0.39 is 25.3 Å². The van der Waals surface area contributed by atoms with E-state index in [1.54, 1.807) is 19.1 Å². The number of carbonyl (C=O) groups excluding carboxylic acids is 1. The third-order valence-electron chi connectivity index (χ3n) is 5.34. The fourth-order valence-electron chi connectivity index (χ4n) is 3.87. The molecule has 0 aliphatic carbocycles. The van der Waals surface area contributed by atoms with Gasteiger partial charge in [0.25, 0.3) is 0 Å². The van der Waals surface area contributed by atoms with Crippen LogP contribution >= 0.6 is 0 Å². The molecule has 190 valence electrons. The predicted molar refractivity (Wildman–Crippen MR) is 128 cm³/mol. The van der Waals surface area contributed by atoms with Crippen molar-refractivity contribution < 1.29 is 27.4 Å². The van der Waals surface area contributed by atoms with Gasteiger partial charge in [0, 0.05) is 12.0 Å². The second kappa shape index (κ2) is 11.8. The zero-order valence-corrected chi connectivity index (χ0v) is 20.4. The van der Waals surface area contributed by atoms with Crippen LogP contribution in [0.25, 0.3) is 11.1 Å². The quantitative estimate of drug-likeness (QED) is 0.334. The molecule has 1 heterocycles. The van der Waals surface area contributed by atoms with Gasteiger partial charge in [0.1, 0.15) is 6.54 Å². The fourth-order valence-corrected chi connectivity index (χ4v) is 3.87. The summed E-state index contributed by atoms with van der Waals surface area (Å²) in [6, 6.07) is 16.9. The molecule has 3 rings (SSSR count). The van der Waals surface area contributed by atoms with Crippen LogP contribution in [0.3, 0.4) is 0 Å². The maximum atomic E-state index is 13.3. The molecule has 0 amide bonds. The number of rotatable bonds is 10. The molecule has 3 aromatic rings. The molecule has 0 spiro atoms. The van der Waals surface area contributed by atoms with Crippen LogP contribution in [-0.2, 0) is 28.9 Å². The van der Waals surface area contributed by atoms with E-state index in [9.17, 15) is 23.2 Å². The smallest absolute Gasteiger partial charge is 0.408 e. The number of alkyl halides is 3. The number of hydrogen-bond acceptors (Lipinski definition) is 5. The van der Waals surface area contributed by atoms with Crippen LogP contribution in [0.2, 0.25) is 0 Å². The topological polar surface area (TPSA) is 77.1 Å². The molecule has 2 aromatic carbocycles. The van der Waals surface area contributed by atoms with Crippen molar-refractivity contribution in [2.45, 2.75) is 46.3 Å². The SMILES string of the molecule is CCOC(=O)COc1c(Cc2ccc(-c3ccccc3C#N)cc2)c(CC(C)C)nn1CC(F)(F)F. The number of esters is 1. The van der Waals surface area contributed by atoms with E-state index in [4.69, 9.17) is 9.47 Å². The molecule has 0 fully saturated rings. The fraction of sp³-hybridized carbons (Fsp3) is 0.370. The highest BCUT2D eigenvalue weighted by atomic mass is 19.4.